The van der Waals surface area contributed by atoms with Gasteiger partial charge in [-0.1, -0.05) is 56.5 Å². The van der Waals surface area contributed by atoms with E-state index in [0.29, 0.717) is 11.7 Å². The standard InChI is InChI=1S/C17H24O/c1-14-6-5-9-16(12-10-14)17(18)13-11-15-7-3-2-4-8-15/h2-4,7-8,14,16H,5-6,9-13H2,1H3. The molecular formula is C17H24O. The molecule has 0 heterocycles. The van der Waals surface area contributed by atoms with Crippen molar-refractivity contribution < 1.29 is 4.79 Å². The molecule has 2 rings (SSSR count). The van der Waals surface area contributed by atoms with E-state index in [2.05, 4.69) is 19.1 Å². The molecule has 98 valence electrons. The molecule has 1 aliphatic carbocycles. The van der Waals surface area contributed by atoms with Crippen molar-refractivity contribution in [3.8, 4) is 0 Å². The zero-order valence-electron chi connectivity index (χ0n) is 11.4. The van der Waals surface area contributed by atoms with Crippen LogP contribution in [0.15, 0.2) is 30.3 Å². The summed E-state index contributed by atoms with van der Waals surface area (Å²) in [5.74, 6) is 1.66. The Labute approximate surface area is 111 Å². The van der Waals surface area contributed by atoms with Crippen LogP contribution in [0.25, 0.3) is 0 Å². The molecule has 0 aromatic heterocycles. The molecule has 1 saturated carbocycles. The Morgan fingerprint density at radius 1 is 1.11 bits per heavy atom. The van der Waals surface area contributed by atoms with Crippen LogP contribution in [-0.2, 0) is 11.2 Å². The van der Waals surface area contributed by atoms with Gasteiger partial charge in [0.2, 0.25) is 0 Å². The van der Waals surface area contributed by atoms with E-state index in [4.69, 9.17) is 0 Å². The maximum Gasteiger partial charge on any atom is 0.136 e. The van der Waals surface area contributed by atoms with Crippen LogP contribution in [0.4, 0.5) is 0 Å². The van der Waals surface area contributed by atoms with Gasteiger partial charge in [0.05, 0.1) is 0 Å². The van der Waals surface area contributed by atoms with Gasteiger partial charge in [-0.3, -0.25) is 4.79 Å². The first-order valence-corrected chi connectivity index (χ1v) is 7.32. The van der Waals surface area contributed by atoms with Crippen molar-refractivity contribution in [3.05, 3.63) is 35.9 Å². The number of rotatable bonds is 4. The lowest BCUT2D eigenvalue weighted by Crippen LogP contribution is -2.14. The molecule has 0 radical (unpaired) electrons. The van der Waals surface area contributed by atoms with Crippen molar-refractivity contribution in [1.82, 2.24) is 0 Å². The number of carbonyl (C=O) groups excluding carboxylic acids is 1. The molecule has 0 bridgehead atoms. The molecule has 1 fully saturated rings. The molecule has 1 aromatic rings. The number of benzene rings is 1. The summed E-state index contributed by atoms with van der Waals surface area (Å²) in [6, 6.07) is 10.4. The van der Waals surface area contributed by atoms with Crippen LogP contribution < -0.4 is 0 Å². The molecule has 0 N–H and O–H groups in total. The highest BCUT2D eigenvalue weighted by atomic mass is 16.1. The van der Waals surface area contributed by atoms with E-state index in [1.807, 2.05) is 18.2 Å². The molecular weight excluding hydrogens is 220 g/mol. The first kappa shape index (κ1) is 13.3. The van der Waals surface area contributed by atoms with Crippen LogP contribution in [0.2, 0.25) is 0 Å². The third-order valence-corrected chi connectivity index (χ3v) is 4.22. The fraction of sp³-hybridized carbons (Fsp3) is 0.588. The lowest BCUT2D eigenvalue weighted by atomic mass is 9.91. The largest absolute Gasteiger partial charge is 0.299 e. The first-order valence-electron chi connectivity index (χ1n) is 7.32. The molecule has 1 aromatic carbocycles. The lowest BCUT2D eigenvalue weighted by molar-refractivity contribution is -0.123. The smallest absolute Gasteiger partial charge is 0.136 e. The SMILES string of the molecule is CC1CCCC(C(=O)CCc2ccccc2)CC1. The van der Waals surface area contributed by atoms with Crippen LogP contribution in [0.1, 0.15) is 51.0 Å². The predicted molar refractivity (Wildman–Crippen MR) is 75.5 cm³/mol. The minimum Gasteiger partial charge on any atom is -0.299 e. The van der Waals surface area contributed by atoms with Crippen LogP contribution in [-0.4, -0.2) is 5.78 Å². The quantitative estimate of drug-likeness (QED) is 0.717. The second-order valence-electron chi connectivity index (χ2n) is 5.76. The third-order valence-electron chi connectivity index (χ3n) is 4.22. The van der Waals surface area contributed by atoms with Crippen molar-refractivity contribution >= 4 is 5.78 Å². The summed E-state index contributed by atoms with van der Waals surface area (Å²) >= 11 is 0. The van der Waals surface area contributed by atoms with Gasteiger partial charge in [0.15, 0.2) is 0 Å². The molecule has 2 unspecified atom stereocenters. The summed E-state index contributed by atoms with van der Waals surface area (Å²) in [6.45, 7) is 2.32. The van der Waals surface area contributed by atoms with Gasteiger partial charge < -0.3 is 0 Å². The van der Waals surface area contributed by atoms with Crippen molar-refractivity contribution in [2.45, 2.75) is 51.9 Å². The number of carbonyl (C=O) groups is 1. The highest BCUT2D eigenvalue weighted by molar-refractivity contribution is 5.81. The third kappa shape index (κ3) is 3.97. The van der Waals surface area contributed by atoms with Gasteiger partial charge in [0.25, 0.3) is 0 Å². The van der Waals surface area contributed by atoms with E-state index in [1.165, 1.54) is 24.8 Å². The lowest BCUT2D eigenvalue weighted by Gasteiger charge is -2.12. The highest BCUT2D eigenvalue weighted by Gasteiger charge is 2.21. The van der Waals surface area contributed by atoms with E-state index >= 15 is 0 Å². The average Bonchev–Trinajstić information content (AvgIpc) is 2.62. The molecule has 1 heteroatoms. The van der Waals surface area contributed by atoms with Crippen molar-refractivity contribution in [3.63, 3.8) is 0 Å². The molecule has 0 aliphatic heterocycles. The summed E-state index contributed by atoms with van der Waals surface area (Å²) < 4.78 is 0. The topological polar surface area (TPSA) is 17.1 Å². The van der Waals surface area contributed by atoms with Gasteiger partial charge in [0.1, 0.15) is 5.78 Å². The van der Waals surface area contributed by atoms with Crippen LogP contribution in [0.5, 0.6) is 0 Å². The molecule has 18 heavy (non-hydrogen) atoms. The number of ketones is 1. The Morgan fingerprint density at radius 3 is 2.67 bits per heavy atom. The van der Waals surface area contributed by atoms with E-state index < -0.39 is 0 Å². The molecule has 1 aliphatic rings. The summed E-state index contributed by atoms with van der Waals surface area (Å²) in [6.07, 6.45) is 7.66. The van der Waals surface area contributed by atoms with E-state index in [9.17, 15) is 4.79 Å². The normalized spacial score (nSPS) is 24.5. The van der Waals surface area contributed by atoms with E-state index in [0.717, 1.165) is 31.6 Å². The maximum absolute atomic E-state index is 12.2. The Bertz CT molecular complexity index is 368. The van der Waals surface area contributed by atoms with Crippen LogP contribution >= 0.6 is 0 Å². The number of Topliss-reactive ketones (excluding diaryl/α,β-unsaturated/α-hetero) is 1. The maximum atomic E-state index is 12.2. The van der Waals surface area contributed by atoms with Crippen LogP contribution in [0.3, 0.4) is 0 Å². The molecule has 2 atom stereocenters. The Kier molecular flexibility index (Phi) is 4.98. The number of hydrogen-bond acceptors (Lipinski definition) is 1. The first-order chi connectivity index (χ1) is 8.75. The minimum atomic E-state index is 0.346. The molecule has 0 amide bonds. The number of hydrogen-bond donors (Lipinski definition) is 0. The van der Waals surface area contributed by atoms with Crippen molar-refractivity contribution in [2.75, 3.05) is 0 Å². The van der Waals surface area contributed by atoms with Gasteiger partial charge in [-0.25, -0.2) is 0 Å². The summed E-state index contributed by atoms with van der Waals surface area (Å²) in [5.41, 5.74) is 1.29. The van der Waals surface area contributed by atoms with Crippen LogP contribution in [0, 0.1) is 11.8 Å². The molecule has 0 spiro atoms. The zero-order chi connectivity index (χ0) is 12.8. The van der Waals surface area contributed by atoms with Gasteiger partial charge in [0, 0.05) is 12.3 Å². The minimum absolute atomic E-state index is 0.346. The predicted octanol–water partition coefficient (Wildman–Crippen LogP) is 4.40. The second kappa shape index (κ2) is 6.72. The summed E-state index contributed by atoms with van der Waals surface area (Å²) in [7, 11) is 0. The summed E-state index contributed by atoms with van der Waals surface area (Å²) in [4.78, 5) is 12.2. The fourth-order valence-electron chi connectivity index (χ4n) is 2.93. The van der Waals surface area contributed by atoms with Crippen molar-refractivity contribution in [1.29, 1.82) is 0 Å². The van der Waals surface area contributed by atoms with Gasteiger partial charge in [-0.15, -0.1) is 0 Å². The van der Waals surface area contributed by atoms with Gasteiger partial charge in [-0.2, -0.15) is 0 Å². The highest BCUT2D eigenvalue weighted by Crippen LogP contribution is 2.28. The van der Waals surface area contributed by atoms with E-state index in [1.54, 1.807) is 0 Å². The zero-order valence-corrected chi connectivity index (χ0v) is 11.4. The Balaban J connectivity index is 1.80. The Hall–Kier alpha value is -1.11. The Morgan fingerprint density at radius 2 is 1.89 bits per heavy atom. The van der Waals surface area contributed by atoms with E-state index in [-0.39, 0.29) is 0 Å². The molecule has 0 saturated heterocycles. The van der Waals surface area contributed by atoms with Gasteiger partial charge >= 0.3 is 0 Å². The number of aryl methyl sites for hydroxylation is 1. The average molecular weight is 244 g/mol. The van der Waals surface area contributed by atoms with Gasteiger partial charge in [-0.05, 0) is 30.7 Å². The summed E-state index contributed by atoms with van der Waals surface area (Å²) in [5, 5.41) is 0. The molecule has 1 nitrogen and oxygen atoms in total. The van der Waals surface area contributed by atoms with Crippen molar-refractivity contribution in [2.24, 2.45) is 11.8 Å². The second-order valence-corrected chi connectivity index (χ2v) is 5.76. The fourth-order valence-corrected chi connectivity index (χ4v) is 2.93. The monoisotopic (exact) mass is 244 g/mol.